The highest BCUT2D eigenvalue weighted by molar-refractivity contribution is 6.33. The molecule has 0 atom stereocenters. The van der Waals surface area contributed by atoms with E-state index in [2.05, 4.69) is 0 Å². The summed E-state index contributed by atoms with van der Waals surface area (Å²) >= 11 is 0. The molecule has 1 rings (SSSR count). The first-order valence-corrected chi connectivity index (χ1v) is 4.77. The molecule has 0 spiro atoms. The van der Waals surface area contributed by atoms with Crippen LogP contribution in [0.5, 0.6) is 0 Å². The number of primary amides is 1. The van der Waals surface area contributed by atoms with Crippen molar-refractivity contribution in [3.05, 3.63) is 42.3 Å². The van der Waals surface area contributed by atoms with Crippen LogP contribution in [0, 0.1) is 6.42 Å². The van der Waals surface area contributed by atoms with Crippen LogP contribution in [0.1, 0.15) is 5.56 Å². The summed E-state index contributed by atoms with van der Waals surface area (Å²) in [5, 5.41) is 9.41. The predicted octanol–water partition coefficient (Wildman–Crippen LogP) is 0.136. The van der Waals surface area contributed by atoms with Gasteiger partial charge in [0.15, 0.2) is 0 Å². The Bertz CT molecular complexity index is 365. The Balaban J connectivity index is 2.31. The van der Waals surface area contributed by atoms with Gasteiger partial charge in [-0.2, -0.15) is 0 Å². The van der Waals surface area contributed by atoms with Crippen LogP contribution in [0.4, 0.5) is 0 Å². The van der Waals surface area contributed by atoms with Gasteiger partial charge in [0.25, 0.3) is 0 Å². The van der Waals surface area contributed by atoms with Gasteiger partial charge in [-0.1, -0.05) is 30.3 Å². The van der Waals surface area contributed by atoms with Gasteiger partial charge in [-0.25, -0.2) is 5.06 Å². The highest BCUT2D eigenvalue weighted by atomic mass is 16.5. The lowest BCUT2D eigenvalue weighted by molar-refractivity contribution is -0.168. The second-order valence-electron chi connectivity index (χ2n) is 3.23. The van der Waals surface area contributed by atoms with Crippen LogP contribution in [0.3, 0.4) is 0 Å². The molecule has 0 fully saturated rings. The molecule has 16 heavy (non-hydrogen) atoms. The third-order valence-corrected chi connectivity index (χ3v) is 1.97. The van der Waals surface area contributed by atoms with Crippen LogP contribution in [-0.2, 0) is 16.0 Å². The van der Waals surface area contributed by atoms with Crippen molar-refractivity contribution in [1.82, 2.24) is 5.06 Å². The molecule has 1 aromatic carbocycles. The zero-order valence-electron chi connectivity index (χ0n) is 8.67. The fraction of sp³-hybridized carbons (Fsp3) is 0.182. The van der Waals surface area contributed by atoms with Crippen molar-refractivity contribution < 1.29 is 14.8 Å². The molecule has 0 heterocycles. The molecule has 1 aromatic rings. The summed E-state index contributed by atoms with van der Waals surface area (Å²) in [5.41, 5.74) is 5.77. The number of carbonyl (C=O) groups is 2. The van der Waals surface area contributed by atoms with Crippen LogP contribution < -0.4 is 5.73 Å². The summed E-state index contributed by atoms with van der Waals surface area (Å²) in [4.78, 5) is 21.3. The van der Waals surface area contributed by atoms with Crippen molar-refractivity contribution >= 4 is 11.8 Å². The number of nitrogens with zero attached hydrogens (tertiary/aromatic N) is 1. The molecule has 3 N–H and O–H groups in total. The molecular formula is C11H13N2O3. The van der Waals surface area contributed by atoms with Crippen LogP contribution in [0.15, 0.2) is 30.3 Å². The number of carbonyl (C=O) groups excluding carboxylic acids is 2. The van der Waals surface area contributed by atoms with Gasteiger partial charge in [0.1, 0.15) is 0 Å². The topological polar surface area (TPSA) is 83.6 Å². The highest BCUT2D eigenvalue weighted by Crippen LogP contribution is 2.02. The first-order chi connectivity index (χ1) is 7.61. The van der Waals surface area contributed by atoms with Crippen LogP contribution >= 0.6 is 0 Å². The van der Waals surface area contributed by atoms with Crippen molar-refractivity contribution in [3.8, 4) is 0 Å². The smallest absolute Gasteiger partial charge is 0.334 e. The monoisotopic (exact) mass is 221 g/mol. The van der Waals surface area contributed by atoms with Crippen molar-refractivity contribution in [2.75, 3.05) is 6.54 Å². The molecule has 0 aliphatic rings. The van der Waals surface area contributed by atoms with E-state index in [0.717, 1.165) is 5.56 Å². The lowest BCUT2D eigenvalue weighted by atomic mass is 10.1. The summed E-state index contributed by atoms with van der Waals surface area (Å²) in [5.74, 6) is -2.28. The Kier molecular flexibility index (Phi) is 4.47. The molecule has 0 bridgehead atoms. The molecular weight excluding hydrogens is 208 g/mol. The van der Waals surface area contributed by atoms with E-state index < -0.39 is 11.8 Å². The molecule has 0 aromatic heterocycles. The van der Waals surface area contributed by atoms with Crippen molar-refractivity contribution in [2.24, 2.45) is 5.73 Å². The highest BCUT2D eigenvalue weighted by Gasteiger charge is 2.16. The van der Waals surface area contributed by atoms with Gasteiger partial charge < -0.3 is 5.73 Å². The van der Waals surface area contributed by atoms with E-state index >= 15 is 0 Å². The summed E-state index contributed by atoms with van der Waals surface area (Å²) in [7, 11) is 0. The maximum absolute atomic E-state index is 10.9. The lowest BCUT2D eigenvalue weighted by Crippen LogP contribution is -2.38. The number of benzene rings is 1. The number of rotatable bonds is 4. The Labute approximate surface area is 93.4 Å². The van der Waals surface area contributed by atoms with E-state index in [1.165, 1.54) is 0 Å². The van der Waals surface area contributed by atoms with Crippen LogP contribution in [0.2, 0.25) is 0 Å². The molecule has 0 aliphatic heterocycles. The fourth-order valence-electron chi connectivity index (χ4n) is 1.18. The Morgan fingerprint density at radius 1 is 1.31 bits per heavy atom. The maximum atomic E-state index is 10.9. The van der Waals surface area contributed by atoms with Crippen LogP contribution in [-0.4, -0.2) is 28.6 Å². The summed E-state index contributed by atoms with van der Waals surface area (Å²) in [6.07, 6.45) is 2.28. The number of amides is 2. The van der Waals surface area contributed by atoms with Gasteiger partial charge in [0, 0.05) is 0 Å². The third-order valence-electron chi connectivity index (χ3n) is 1.97. The van der Waals surface area contributed by atoms with E-state index in [0.29, 0.717) is 11.5 Å². The lowest BCUT2D eigenvalue weighted by Gasteiger charge is -2.11. The number of hydrogen-bond acceptors (Lipinski definition) is 3. The average molecular weight is 221 g/mol. The summed E-state index contributed by atoms with van der Waals surface area (Å²) < 4.78 is 0. The zero-order chi connectivity index (χ0) is 12.0. The number of hydrogen-bond donors (Lipinski definition) is 2. The first kappa shape index (κ1) is 12.2. The van der Waals surface area contributed by atoms with Gasteiger partial charge >= 0.3 is 11.8 Å². The normalized spacial score (nSPS) is 9.81. The minimum atomic E-state index is -1.17. The molecule has 5 heteroatoms. The molecule has 0 saturated carbocycles. The van der Waals surface area contributed by atoms with E-state index in [1.807, 2.05) is 30.3 Å². The number of hydroxylamine groups is 2. The fourth-order valence-corrected chi connectivity index (χ4v) is 1.18. The van der Waals surface area contributed by atoms with Gasteiger partial charge in [-0.3, -0.25) is 14.8 Å². The van der Waals surface area contributed by atoms with E-state index in [4.69, 9.17) is 10.9 Å². The maximum Gasteiger partial charge on any atom is 0.334 e. The molecule has 85 valence electrons. The summed E-state index contributed by atoms with van der Waals surface area (Å²) in [6.45, 7) is -0.0311. The Hall–Kier alpha value is -1.88. The quantitative estimate of drug-likeness (QED) is 0.431. The third kappa shape index (κ3) is 3.70. The second-order valence-corrected chi connectivity index (χ2v) is 3.23. The van der Waals surface area contributed by atoms with E-state index in [-0.39, 0.29) is 6.54 Å². The molecule has 0 aliphatic carbocycles. The average Bonchev–Trinajstić information content (AvgIpc) is 2.29. The van der Waals surface area contributed by atoms with Gasteiger partial charge in [-0.15, -0.1) is 0 Å². The van der Waals surface area contributed by atoms with Crippen molar-refractivity contribution in [2.45, 2.75) is 6.42 Å². The Morgan fingerprint density at radius 3 is 2.50 bits per heavy atom. The Morgan fingerprint density at radius 2 is 1.94 bits per heavy atom. The SMILES string of the molecule is NC(=O)C(=O)N(O)C[CH]Cc1ccccc1. The van der Waals surface area contributed by atoms with E-state index in [1.54, 1.807) is 6.42 Å². The molecule has 0 unspecified atom stereocenters. The first-order valence-electron chi connectivity index (χ1n) is 4.77. The zero-order valence-corrected chi connectivity index (χ0v) is 8.67. The predicted molar refractivity (Wildman–Crippen MR) is 57.1 cm³/mol. The van der Waals surface area contributed by atoms with Crippen LogP contribution in [0.25, 0.3) is 0 Å². The molecule has 1 radical (unpaired) electrons. The van der Waals surface area contributed by atoms with Gasteiger partial charge in [0.05, 0.1) is 6.54 Å². The summed E-state index contributed by atoms with van der Waals surface area (Å²) in [6, 6.07) is 9.55. The largest absolute Gasteiger partial charge is 0.361 e. The van der Waals surface area contributed by atoms with Crippen molar-refractivity contribution in [3.63, 3.8) is 0 Å². The second kappa shape index (κ2) is 5.87. The minimum Gasteiger partial charge on any atom is -0.361 e. The molecule has 0 saturated heterocycles. The van der Waals surface area contributed by atoms with Gasteiger partial charge in [-0.05, 0) is 18.4 Å². The molecule has 5 nitrogen and oxygen atoms in total. The van der Waals surface area contributed by atoms with Gasteiger partial charge in [0.2, 0.25) is 0 Å². The minimum absolute atomic E-state index is 0.0311. The van der Waals surface area contributed by atoms with E-state index in [9.17, 15) is 9.59 Å². The van der Waals surface area contributed by atoms with Crippen molar-refractivity contribution in [1.29, 1.82) is 0 Å². The number of nitrogens with two attached hydrogens (primary N) is 1. The molecule has 2 amide bonds. The standard InChI is InChI=1S/C11H13N2O3/c12-10(14)11(15)13(16)8-4-7-9-5-2-1-3-6-9/h1-6,16H,7-8H2,(H2,12,14).